The molecule has 22 heavy (non-hydrogen) atoms. The maximum atomic E-state index is 11.1. The molecule has 0 spiro atoms. The normalized spacial score (nSPS) is 11.0. The summed E-state index contributed by atoms with van der Waals surface area (Å²) in [7, 11) is 0. The van der Waals surface area contributed by atoms with Crippen molar-refractivity contribution in [3.05, 3.63) is 59.1 Å². The standard InChI is InChI=1S/C16H13ClN2O2S/c17-12-6-2-1-5-11(12)10-22-16-18-13-7-3-4-8-14(13)19(16)9-15(20)21/h1-8H,9-10H2,(H,20,21). The molecule has 0 atom stereocenters. The van der Waals surface area contributed by atoms with Crippen LogP contribution in [0.4, 0.5) is 0 Å². The van der Waals surface area contributed by atoms with Crippen molar-refractivity contribution in [2.24, 2.45) is 0 Å². The van der Waals surface area contributed by atoms with Gasteiger partial charge in [-0.2, -0.15) is 0 Å². The van der Waals surface area contributed by atoms with Crippen LogP contribution in [-0.4, -0.2) is 20.6 Å². The fourth-order valence-electron chi connectivity index (χ4n) is 2.21. The lowest BCUT2D eigenvalue weighted by molar-refractivity contribution is -0.137. The Morgan fingerprint density at radius 1 is 1.18 bits per heavy atom. The number of para-hydroxylation sites is 2. The van der Waals surface area contributed by atoms with Crippen LogP contribution < -0.4 is 0 Å². The van der Waals surface area contributed by atoms with E-state index < -0.39 is 5.97 Å². The Hall–Kier alpha value is -1.98. The van der Waals surface area contributed by atoms with E-state index in [-0.39, 0.29) is 6.54 Å². The van der Waals surface area contributed by atoms with Gasteiger partial charge < -0.3 is 9.67 Å². The number of hydrogen-bond acceptors (Lipinski definition) is 3. The molecule has 1 heterocycles. The van der Waals surface area contributed by atoms with Gasteiger partial charge in [-0.3, -0.25) is 4.79 Å². The third kappa shape index (κ3) is 3.10. The summed E-state index contributed by atoms with van der Waals surface area (Å²) in [6.45, 7) is -0.106. The molecule has 0 aliphatic rings. The highest BCUT2D eigenvalue weighted by atomic mass is 35.5. The number of carbonyl (C=O) groups is 1. The second kappa shape index (κ2) is 6.42. The van der Waals surface area contributed by atoms with Gasteiger partial charge in [-0.1, -0.05) is 53.7 Å². The zero-order valence-corrected chi connectivity index (χ0v) is 13.1. The molecule has 0 unspecified atom stereocenters. The molecule has 2 aromatic carbocycles. The maximum Gasteiger partial charge on any atom is 0.323 e. The number of hydrogen-bond donors (Lipinski definition) is 1. The Balaban J connectivity index is 1.92. The van der Waals surface area contributed by atoms with Crippen LogP contribution in [0.5, 0.6) is 0 Å². The SMILES string of the molecule is O=C(O)Cn1c(SCc2ccccc2Cl)nc2ccccc21. The molecular formula is C16H13ClN2O2S. The van der Waals surface area contributed by atoms with E-state index in [1.807, 2.05) is 48.5 Å². The van der Waals surface area contributed by atoms with Crippen molar-refractivity contribution >= 4 is 40.4 Å². The number of fused-ring (bicyclic) bond motifs is 1. The minimum Gasteiger partial charge on any atom is -0.480 e. The van der Waals surface area contributed by atoms with Gasteiger partial charge >= 0.3 is 5.97 Å². The van der Waals surface area contributed by atoms with Crippen molar-refractivity contribution < 1.29 is 9.90 Å². The predicted molar refractivity (Wildman–Crippen MR) is 88.4 cm³/mol. The Morgan fingerprint density at radius 3 is 2.68 bits per heavy atom. The van der Waals surface area contributed by atoms with Crippen molar-refractivity contribution in [1.82, 2.24) is 9.55 Å². The van der Waals surface area contributed by atoms with E-state index in [2.05, 4.69) is 4.98 Å². The smallest absolute Gasteiger partial charge is 0.323 e. The van der Waals surface area contributed by atoms with Crippen LogP contribution >= 0.6 is 23.4 Å². The number of benzene rings is 2. The van der Waals surface area contributed by atoms with E-state index in [0.717, 1.165) is 16.6 Å². The van der Waals surface area contributed by atoms with Gasteiger partial charge in [0.1, 0.15) is 6.54 Å². The second-order valence-corrected chi connectivity index (χ2v) is 6.09. The van der Waals surface area contributed by atoms with Crippen molar-refractivity contribution in [1.29, 1.82) is 0 Å². The summed E-state index contributed by atoms with van der Waals surface area (Å²) in [5, 5.41) is 10.5. The summed E-state index contributed by atoms with van der Waals surface area (Å²) in [4.78, 5) is 15.6. The molecule has 3 rings (SSSR count). The third-order valence-corrected chi connectivity index (χ3v) is 4.62. The van der Waals surface area contributed by atoms with E-state index in [1.165, 1.54) is 11.8 Å². The number of halogens is 1. The van der Waals surface area contributed by atoms with E-state index in [0.29, 0.717) is 15.9 Å². The number of aromatic nitrogens is 2. The van der Waals surface area contributed by atoms with Gasteiger partial charge in [0.2, 0.25) is 0 Å². The van der Waals surface area contributed by atoms with Crippen LogP contribution in [0.3, 0.4) is 0 Å². The Labute approximate surface area is 136 Å². The highest BCUT2D eigenvalue weighted by Gasteiger charge is 2.14. The molecule has 6 heteroatoms. The van der Waals surface area contributed by atoms with Gasteiger partial charge in [-0.25, -0.2) is 4.98 Å². The van der Waals surface area contributed by atoms with E-state index in [4.69, 9.17) is 16.7 Å². The first kappa shape index (κ1) is 14.9. The monoisotopic (exact) mass is 332 g/mol. The number of carboxylic acid groups (broad SMARTS) is 1. The van der Waals surface area contributed by atoms with E-state index in [9.17, 15) is 4.79 Å². The number of imidazole rings is 1. The number of nitrogens with zero attached hydrogens (tertiary/aromatic N) is 2. The van der Waals surface area contributed by atoms with Crippen molar-refractivity contribution in [2.75, 3.05) is 0 Å². The van der Waals surface area contributed by atoms with Gasteiger partial charge in [0.05, 0.1) is 11.0 Å². The molecule has 1 aromatic heterocycles. The van der Waals surface area contributed by atoms with Crippen molar-refractivity contribution in [2.45, 2.75) is 17.5 Å². The van der Waals surface area contributed by atoms with Gasteiger partial charge in [0, 0.05) is 10.8 Å². The summed E-state index contributed by atoms with van der Waals surface area (Å²) >= 11 is 7.64. The number of thioether (sulfide) groups is 1. The van der Waals surface area contributed by atoms with Crippen LogP contribution in [0.15, 0.2) is 53.7 Å². The van der Waals surface area contributed by atoms with Gasteiger partial charge in [-0.05, 0) is 23.8 Å². The average molecular weight is 333 g/mol. The summed E-state index contributed by atoms with van der Waals surface area (Å²) < 4.78 is 1.72. The van der Waals surface area contributed by atoms with Crippen LogP contribution in [0.1, 0.15) is 5.56 Å². The number of carboxylic acids is 1. The van der Waals surface area contributed by atoms with Crippen LogP contribution in [0.2, 0.25) is 5.02 Å². The quantitative estimate of drug-likeness (QED) is 0.716. The lowest BCUT2D eigenvalue weighted by Gasteiger charge is -2.07. The van der Waals surface area contributed by atoms with Gasteiger partial charge in [0.15, 0.2) is 5.16 Å². The van der Waals surface area contributed by atoms with Crippen LogP contribution in [0, 0.1) is 0 Å². The molecule has 3 aromatic rings. The summed E-state index contributed by atoms with van der Waals surface area (Å²) in [5.41, 5.74) is 2.63. The molecule has 0 saturated carbocycles. The Kier molecular flexibility index (Phi) is 4.36. The summed E-state index contributed by atoms with van der Waals surface area (Å²) in [6.07, 6.45) is 0. The van der Waals surface area contributed by atoms with Crippen molar-refractivity contribution in [3.63, 3.8) is 0 Å². The zero-order chi connectivity index (χ0) is 15.5. The number of aliphatic carboxylic acids is 1. The molecule has 0 fully saturated rings. The van der Waals surface area contributed by atoms with E-state index in [1.54, 1.807) is 4.57 Å². The van der Waals surface area contributed by atoms with E-state index >= 15 is 0 Å². The minimum absolute atomic E-state index is 0.106. The summed E-state index contributed by atoms with van der Waals surface area (Å²) in [5.74, 6) is -0.245. The molecule has 1 N–H and O–H groups in total. The Bertz CT molecular complexity index is 832. The molecular weight excluding hydrogens is 320 g/mol. The first-order chi connectivity index (χ1) is 10.6. The van der Waals surface area contributed by atoms with Crippen LogP contribution in [-0.2, 0) is 17.1 Å². The summed E-state index contributed by atoms with van der Waals surface area (Å²) in [6, 6.07) is 15.2. The first-order valence-corrected chi connectivity index (χ1v) is 8.05. The first-order valence-electron chi connectivity index (χ1n) is 6.68. The highest BCUT2D eigenvalue weighted by molar-refractivity contribution is 7.98. The molecule has 0 radical (unpaired) electrons. The minimum atomic E-state index is -0.886. The number of rotatable bonds is 5. The fourth-order valence-corrected chi connectivity index (χ4v) is 3.51. The van der Waals surface area contributed by atoms with Gasteiger partial charge in [0.25, 0.3) is 0 Å². The Morgan fingerprint density at radius 2 is 1.91 bits per heavy atom. The average Bonchev–Trinajstić information content (AvgIpc) is 2.84. The van der Waals surface area contributed by atoms with Crippen LogP contribution in [0.25, 0.3) is 11.0 Å². The topological polar surface area (TPSA) is 55.1 Å². The highest BCUT2D eigenvalue weighted by Crippen LogP contribution is 2.29. The molecule has 0 aliphatic heterocycles. The molecule has 0 amide bonds. The largest absolute Gasteiger partial charge is 0.480 e. The molecule has 4 nitrogen and oxygen atoms in total. The second-order valence-electron chi connectivity index (χ2n) is 4.74. The predicted octanol–water partition coefficient (Wildman–Crippen LogP) is 4.07. The fraction of sp³-hybridized carbons (Fsp3) is 0.125. The third-order valence-electron chi connectivity index (χ3n) is 3.23. The van der Waals surface area contributed by atoms with Crippen molar-refractivity contribution in [3.8, 4) is 0 Å². The molecule has 112 valence electrons. The lowest BCUT2D eigenvalue weighted by Crippen LogP contribution is -2.09. The molecule has 0 bridgehead atoms. The van der Waals surface area contributed by atoms with Gasteiger partial charge in [-0.15, -0.1) is 0 Å². The lowest BCUT2D eigenvalue weighted by atomic mass is 10.2. The molecule has 0 aliphatic carbocycles. The zero-order valence-electron chi connectivity index (χ0n) is 11.6. The maximum absolute atomic E-state index is 11.1. The molecule has 0 saturated heterocycles.